The van der Waals surface area contributed by atoms with Crippen molar-refractivity contribution < 1.29 is 0 Å². The van der Waals surface area contributed by atoms with Crippen LogP contribution < -0.4 is 15.5 Å². The summed E-state index contributed by atoms with van der Waals surface area (Å²) in [4.78, 5) is 13.1. The molecule has 1 aliphatic heterocycles. The molecule has 108 valence electrons. The van der Waals surface area contributed by atoms with Gasteiger partial charge in [-0.05, 0) is 30.3 Å². The molecule has 1 fully saturated rings. The Morgan fingerprint density at radius 2 is 1.52 bits per heavy atom. The molecule has 0 radical (unpaired) electrons. The molecule has 1 aromatic carbocycles. The van der Waals surface area contributed by atoms with Crippen LogP contribution in [-0.4, -0.2) is 42.0 Å². The number of nitrogens with zero attached hydrogens (tertiary/aromatic N) is 4. The molecule has 0 bridgehead atoms. The van der Waals surface area contributed by atoms with Crippen LogP contribution in [0.15, 0.2) is 42.7 Å². The summed E-state index contributed by atoms with van der Waals surface area (Å²) in [5.41, 5.74) is 7.39. The van der Waals surface area contributed by atoms with Gasteiger partial charge in [0.05, 0.1) is 0 Å². The molecule has 0 unspecified atom stereocenters. The smallest absolute Gasteiger partial charge is 0.225 e. The maximum absolute atomic E-state index is 7.42. The number of piperazine rings is 1. The quantitative estimate of drug-likeness (QED) is 0.650. The normalized spacial score (nSPS) is 15.0. The molecular formula is C15H18N6. The van der Waals surface area contributed by atoms with Gasteiger partial charge in [0.15, 0.2) is 0 Å². The van der Waals surface area contributed by atoms with Crippen molar-refractivity contribution in [3.05, 3.63) is 48.3 Å². The van der Waals surface area contributed by atoms with E-state index in [4.69, 9.17) is 11.1 Å². The first-order chi connectivity index (χ1) is 10.2. The molecule has 1 saturated heterocycles. The third-order valence-corrected chi connectivity index (χ3v) is 3.66. The second-order valence-electron chi connectivity index (χ2n) is 4.98. The molecule has 21 heavy (non-hydrogen) atoms. The third-order valence-electron chi connectivity index (χ3n) is 3.66. The van der Waals surface area contributed by atoms with E-state index in [2.05, 4.69) is 19.8 Å². The highest BCUT2D eigenvalue weighted by Gasteiger charge is 2.18. The van der Waals surface area contributed by atoms with Gasteiger partial charge in [0.2, 0.25) is 5.95 Å². The van der Waals surface area contributed by atoms with Crippen molar-refractivity contribution in [2.75, 3.05) is 36.0 Å². The maximum atomic E-state index is 7.42. The SMILES string of the molecule is N=C(N)c1ccc(N2CCN(c3ncccn3)CC2)cc1. The number of rotatable bonds is 3. The van der Waals surface area contributed by atoms with Crippen LogP contribution in [0.2, 0.25) is 0 Å². The van der Waals surface area contributed by atoms with E-state index in [1.54, 1.807) is 12.4 Å². The summed E-state index contributed by atoms with van der Waals surface area (Å²) in [5.74, 6) is 0.900. The molecule has 2 aromatic rings. The number of anilines is 2. The molecule has 3 rings (SSSR count). The molecule has 1 aliphatic rings. The van der Waals surface area contributed by atoms with E-state index in [9.17, 15) is 0 Å². The summed E-state index contributed by atoms with van der Waals surface area (Å²) in [5, 5.41) is 7.42. The molecule has 0 saturated carbocycles. The van der Waals surface area contributed by atoms with Gasteiger partial charge in [-0.2, -0.15) is 0 Å². The Morgan fingerprint density at radius 1 is 0.952 bits per heavy atom. The van der Waals surface area contributed by atoms with E-state index < -0.39 is 0 Å². The number of benzene rings is 1. The minimum absolute atomic E-state index is 0.104. The van der Waals surface area contributed by atoms with Crippen molar-refractivity contribution in [1.29, 1.82) is 5.41 Å². The molecule has 6 nitrogen and oxygen atoms in total. The van der Waals surface area contributed by atoms with Gasteiger partial charge >= 0.3 is 0 Å². The summed E-state index contributed by atoms with van der Waals surface area (Å²) in [6.07, 6.45) is 3.55. The maximum Gasteiger partial charge on any atom is 0.225 e. The summed E-state index contributed by atoms with van der Waals surface area (Å²) in [6.45, 7) is 3.66. The predicted molar refractivity (Wildman–Crippen MR) is 83.9 cm³/mol. The van der Waals surface area contributed by atoms with Crippen LogP contribution in [0.1, 0.15) is 5.56 Å². The Hall–Kier alpha value is -2.63. The van der Waals surface area contributed by atoms with E-state index in [-0.39, 0.29) is 5.84 Å². The second-order valence-corrected chi connectivity index (χ2v) is 4.98. The highest BCUT2D eigenvalue weighted by Crippen LogP contribution is 2.18. The Labute approximate surface area is 123 Å². The summed E-state index contributed by atoms with van der Waals surface area (Å²) < 4.78 is 0. The number of nitrogens with one attached hydrogen (secondary N) is 1. The molecule has 3 N–H and O–H groups in total. The zero-order valence-electron chi connectivity index (χ0n) is 11.7. The average molecular weight is 282 g/mol. The largest absolute Gasteiger partial charge is 0.384 e. The highest BCUT2D eigenvalue weighted by atomic mass is 15.3. The van der Waals surface area contributed by atoms with Gasteiger partial charge in [0.1, 0.15) is 5.84 Å². The third kappa shape index (κ3) is 2.94. The molecule has 0 amide bonds. The summed E-state index contributed by atoms with van der Waals surface area (Å²) >= 11 is 0. The molecular weight excluding hydrogens is 264 g/mol. The van der Waals surface area contributed by atoms with Gasteiger partial charge in [-0.15, -0.1) is 0 Å². The zero-order chi connectivity index (χ0) is 14.7. The zero-order valence-corrected chi connectivity index (χ0v) is 11.7. The number of nitrogens with two attached hydrogens (primary N) is 1. The first-order valence-electron chi connectivity index (χ1n) is 6.95. The molecule has 6 heteroatoms. The first kappa shape index (κ1) is 13.4. The van der Waals surface area contributed by atoms with Gasteiger partial charge in [-0.25, -0.2) is 9.97 Å². The standard InChI is InChI=1S/C15H18N6/c16-14(17)12-2-4-13(5-3-12)20-8-10-21(11-9-20)15-18-6-1-7-19-15/h1-7H,8-11H2,(H3,16,17). The van der Waals surface area contributed by atoms with Gasteiger partial charge in [-0.3, -0.25) is 5.41 Å². The van der Waals surface area contributed by atoms with Gasteiger partial charge in [0, 0.05) is 49.8 Å². The van der Waals surface area contributed by atoms with Gasteiger partial charge in [0.25, 0.3) is 0 Å². The van der Waals surface area contributed by atoms with Crippen LogP contribution in [0.5, 0.6) is 0 Å². The topological polar surface area (TPSA) is 82.1 Å². The first-order valence-corrected chi connectivity index (χ1v) is 6.95. The van der Waals surface area contributed by atoms with Gasteiger partial charge in [-0.1, -0.05) is 0 Å². The predicted octanol–water partition coefficient (Wildman–Crippen LogP) is 1.09. The van der Waals surface area contributed by atoms with Crippen molar-refractivity contribution in [2.45, 2.75) is 0 Å². The molecule has 0 aliphatic carbocycles. The van der Waals surface area contributed by atoms with Crippen LogP contribution in [0, 0.1) is 5.41 Å². The fourth-order valence-electron chi connectivity index (χ4n) is 2.47. The van der Waals surface area contributed by atoms with Crippen molar-refractivity contribution in [1.82, 2.24) is 9.97 Å². The molecule has 0 spiro atoms. The Balaban J connectivity index is 1.64. The van der Waals surface area contributed by atoms with Crippen molar-refractivity contribution >= 4 is 17.5 Å². The van der Waals surface area contributed by atoms with E-state index in [0.29, 0.717) is 0 Å². The lowest BCUT2D eigenvalue weighted by Gasteiger charge is -2.36. The fourth-order valence-corrected chi connectivity index (χ4v) is 2.47. The lowest BCUT2D eigenvalue weighted by molar-refractivity contribution is 0.640. The van der Waals surface area contributed by atoms with Crippen molar-refractivity contribution in [3.63, 3.8) is 0 Å². The number of nitrogen functional groups attached to an aromatic ring is 1. The number of hydrogen-bond donors (Lipinski definition) is 2. The highest BCUT2D eigenvalue weighted by molar-refractivity contribution is 5.95. The van der Waals surface area contributed by atoms with E-state index in [0.717, 1.165) is 43.4 Å². The van der Waals surface area contributed by atoms with Crippen molar-refractivity contribution in [3.8, 4) is 0 Å². The van der Waals surface area contributed by atoms with Crippen LogP contribution in [0.25, 0.3) is 0 Å². The monoisotopic (exact) mass is 282 g/mol. The number of amidine groups is 1. The second kappa shape index (κ2) is 5.78. The summed E-state index contributed by atoms with van der Waals surface area (Å²) in [7, 11) is 0. The van der Waals surface area contributed by atoms with Crippen LogP contribution in [-0.2, 0) is 0 Å². The molecule has 0 atom stereocenters. The van der Waals surface area contributed by atoms with E-state index in [1.807, 2.05) is 30.3 Å². The number of hydrogen-bond acceptors (Lipinski definition) is 5. The lowest BCUT2D eigenvalue weighted by atomic mass is 10.1. The Kier molecular flexibility index (Phi) is 3.68. The Bertz CT molecular complexity index is 602. The average Bonchev–Trinajstić information content (AvgIpc) is 2.56. The van der Waals surface area contributed by atoms with Gasteiger partial charge < -0.3 is 15.5 Å². The van der Waals surface area contributed by atoms with Crippen LogP contribution >= 0.6 is 0 Å². The van der Waals surface area contributed by atoms with E-state index in [1.165, 1.54) is 0 Å². The minimum Gasteiger partial charge on any atom is -0.384 e. The van der Waals surface area contributed by atoms with Crippen LogP contribution in [0.3, 0.4) is 0 Å². The van der Waals surface area contributed by atoms with E-state index >= 15 is 0 Å². The summed E-state index contributed by atoms with van der Waals surface area (Å²) in [6, 6.07) is 9.65. The lowest BCUT2D eigenvalue weighted by Crippen LogP contribution is -2.47. The van der Waals surface area contributed by atoms with Crippen LogP contribution in [0.4, 0.5) is 11.6 Å². The molecule has 1 aromatic heterocycles. The minimum atomic E-state index is 0.104. The molecule has 2 heterocycles. The fraction of sp³-hybridized carbons (Fsp3) is 0.267. The van der Waals surface area contributed by atoms with Crippen molar-refractivity contribution in [2.24, 2.45) is 5.73 Å². The number of aromatic nitrogens is 2. The Morgan fingerprint density at radius 3 is 2.10 bits per heavy atom.